The second-order valence-corrected chi connectivity index (χ2v) is 4.89. The van der Waals surface area contributed by atoms with Crippen LogP contribution in [0.1, 0.15) is 21.5 Å². The Morgan fingerprint density at radius 1 is 1.04 bits per heavy atom. The number of ether oxygens (including phenoxy) is 2. The van der Waals surface area contributed by atoms with Crippen molar-refractivity contribution < 1.29 is 32.2 Å². The highest BCUT2D eigenvalue weighted by Crippen LogP contribution is 2.32. The molecule has 24 heavy (non-hydrogen) atoms. The molecule has 122 valence electrons. The van der Waals surface area contributed by atoms with Crippen molar-refractivity contribution in [1.82, 2.24) is 0 Å². The zero-order chi connectivity index (χ0) is 17.3. The van der Waals surface area contributed by atoms with Crippen LogP contribution in [0.2, 0.25) is 0 Å². The molecule has 0 atom stereocenters. The van der Waals surface area contributed by atoms with Gasteiger partial charge in [-0.1, -0.05) is 24.3 Å². The highest BCUT2D eigenvalue weighted by atomic mass is 19.4. The van der Waals surface area contributed by atoms with Crippen molar-refractivity contribution >= 4 is 17.7 Å². The van der Waals surface area contributed by atoms with Gasteiger partial charge < -0.3 is 9.47 Å². The first-order valence-corrected chi connectivity index (χ1v) is 6.77. The first-order chi connectivity index (χ1) is 11.3. The summed E-state index contributed by atoms with van der Waals surface area (Å²) in [7, 11) is 0. The number of esters is 2. The van der Waals surface area contributed by atoms with E-state index in [2.05, 4.69) is 0 Å². The van der Waals surface area contributed by atoms with Gasteiger partial charge in [0.2, 0.25) is 0 Å². The third-order valence-electron chi connectivity index (χ3n) is 3.24. The molecule has 0 aliphatic carbocycles. The number of fused-ring (bicyclic) bond motifs is 1. The van der Waals surface area contributed by atoms with Gasteiger partial charge in [0.25, 0.3) is 0 Å². The minimum atomic E-state index is -4.54. The Balaban J connectivity index is 1.81. The number of alkyl halides is 3. The maximum Gasteiger partial charge on any atom is 0.416 e. The smallest absolute Gasteiger partial charge is 0.416 e. The summed E-state index contributed by atoms with van der Waals surface area (Å²) in [6.07, 6.45) is -3.62. The van der Waals surface area contributed by atoms with Gasteiger partial charge in [0, 0.05) is 5.56 Å². The van der Waals surface area contributed by atoms with Crippen molar-refractivity contribution in [3.8, 4) is 5.75 Å². The van der Waals surface area contributed by atoms with Gasteiger partial charge in [-0.25, -0.2) is 9.59 Å². The van der Waals surface area contributed by atoms with Gasteiger partial charge in [0.15, 0.2) is 0 Å². The molecule has 2 aromatic carbocycles. The monoisotopic (exact) mass is 334 g/mol. The van der Waals surface area contributed by atoms with Crippen LogP contribution >= 0.6 is 0 Å². The van der Waals surface area contributed by atoms with E-state index in [0.717, 1.165) is 18.2 Å². The lowest BCUT2D eigenvalue weighted by Gasteiger charge is -2.08. The Bertz CT molecular complexity index is 853. The van der Waals surface area contributed by atoms with Crippen LogP contribution in [0, 0.1) is 0 Å². The maximum absolute atomic E-state index is 12.6. The molecule has 0 saturated heterocycles. The number of carbonyl (C=O) groups excluding carboxylic acids is 2. The van der Waals surface area contributed by atoms with Crippen LogP contribution in [-0.4, -0.2) is 11.9 Å². The van der Waals surface area contributed by atoms with E-state index < -0.39 is 23.7 Å². The van der Waals surface area contributed by atoms with E-state index in [1.165, 1.54) is 12.1 Å². The van der Waals surface area contributed by atoms with Gasteiger partial charge in [-0.3, -0.25) is 0 Å². The summed E-state index contributed by atoms with van der Waals surface area (Å²) in [6, 6.07) is 10.4. The molecule has 0 bridgehead atoms. The van der Waals surface area contributed by atoms with Crippen LogP contribution in [0.4, 0.5) is 13.2 Å². The largest absolute Gasteiger partial charge is 0.423 e. The normalized spacial score (nSPS) is 15.1. The Labute approximate surface area is 134 Å². The molecule has 7 heteroatoms. The molecule has 0 radical (unpaired) electrons. The molecule has 0 fully saturated rings. The van der Waals surface area contributed by atoms with Crippen LogP contribution in [0.25, 0.3) is 5.76 Å². The summed E-state index contributed by atoms with van der Waals surface area (Å²) >= 11 is 0. The SMILES string of the molecule is O=C(/C=C1\OC(=O)c2ccccc21)Oc1cccc(C(F)(F)F)c1. The number of hydrogen-bond donors (Lipinski definition) is 0. The Hall–Kier alpha value is -3.09. The van der Waals surface area contributed by atoms with E-state index in [9.17, 15) is 22.8 Å². The highest BCUT2D eigenvalue weighted by molar-refractivity contribution is 6.06. The predicted octanol–water partition coefficient (Wildman–Crippen LogP) is 3.82. The highest BCUT2D eigenvalue weighted by Gasteiger charge is 2.31. The number of benzene rings is 2. The third-order valence-corrected chi connectivity index (χ3v) is 3.24. The Morgan fingerprint density at radius 2 is 1.75 bits per heavy atom. The van der Waals surface area contributed by atoms with E-state index >= 15 is 0 Å². The molecular formula is C17H9F3O4. The molecule has 0 unspecified atom stereocenters. The number of cyclic esters (lactones) is 1. The summed E-state index contributed by atoms with van der Waals surface area (Å²) in [4.78, 5) is 23.5. The summed E-state index contributed by atoms with van der Waals surface area (Å²) in [5, 5.41) is 0. The van der Waals surface area contributed by atoms with Gasteiger partial charge in [-0.05, 0) is 24.3 Å². The second kappa shape index (κ2) is 5.84. The van der Waals surface area contributed by atoms with Crippen LogP contribution in [0.3, 0.4) is 0 Å². The fourth-order valence-electron chi connectivity index (χ4n) is 2.18. The van der Waals surface area contributed by atoms with Gasteiger partial charge in [-0.15, -0.1) is 0 Å². The quantitative estimate of drug-likeness (QED) is 0.476. The second-order valence-electron chi connectivity index (χ2n) is 4.89. The molecule has 2 aromatic rings. The standard InChI is InChI=1S/C17H9F3O4/c18-17(19,20)10-4-3-5-11(8-10)23-15(21)9-14-12-6-1-2-7-13(12)16(22)24-14/h1-9H/b14-9-. The number of rotatable bonds is 2. The lowest BCUT2D eigenvalue weighted by atomic mass is 10.1. The van der Waals surface area contributed by atoms with E-state index in [-0.39, 0.29) is 11.5 Å². The summed E-state index contributed by atoms with van der Waals surface area (Å²) in [5.74, 6) is -1.82. The van der Waals surface area contributed by atoms with Gasteiger partial charge in [-0.2, -0.15) is 13.2 Å². The number of hydrogen-bond acceptors (Lipinski definition) is 4. The molecule has 1 heterocycles. The van der Waals surface area contributed by atoms with Crippen molar-refractivity contribution in [2.75, 3.05) is 0 Å². The average Bonchev–Trinajstić information content (AvgIpc) is 2.83. The number of carbonyl (C=O) groups is 2. The molecule has 0 aromatic heterocycles. The molecular weight excluding hydrogens is 325 g/mol. The third kappa shape index (κ3) is 3.15. The summed E-state index contributed by atoms with van der Waals surface area (Å²) in [6.45, 7) is 0. The molecule has 0 spiro atoms. The van der Waals surface area contributed by atoms with Crippen LogP contribution in [0.5, 0.6) is 5.75 Å². The van der Waals surface area contributed by atoms with Crippen LogP contribution in [0.15, 0.2) is 54.6 Å². The molecule has 0 N–H and O–H groups in total. The first kappa shape index (κ1) is 15.8. The lowest BCUT2D eigenvalue weighted by molar-refractivity contribution is -0.138. The molecule has 3 rings (SSSR count). The topological polar surface area (TPSA) is 52.6 Å². The molecule has 1 aliphatic rings. The Morgan fingerprint density at radius 3 is 2.46 bits per heavy atom. The van der Waals surface area contributed by atoms with Gasteiger partial charge in [0.1, 0.15) is 11.5 Å². The minimum absolute atomic E-state index is 0.00687. The van der Waals surface area contributed by atoms with Crippen molar-refractivity contribution in [2.24, 2.45) is 0 Å². The average molecular weight is 334 g/mol. The fraction of sp³-hybridized carbons (Fsp3) is 0.0588. The number of halogens is 3. The van der Waals surface area contributed by atoms with Gasteiger partial charge in [0.05, 0.1) is 17.2 Å². The maximum atomic E-state index is 12.6. The van der Waals surface area contributed by atoms with Crippen molar-refractivity contribution in [2.45, 2.75) is 6.18 Å². The van der Waals surface area contributed by atoms with Crippen LogP contribution < -0.4 is 4.74 Å². The van der Waals surface area contributed by atoms with Crippen molar-refractivity contribution in [1.29, 1.82) is 0 Å². The summed E-state index contributed by atoms with van der Waals surface area (Å²) < 4.78 is 47.7. The van der Waals surface area contributed by atoms with E-state index in [1.807, 2.05) is 0 Å². The molecule has 1 aliphatic heterocycles. The zero-order valence-electron chi connectivity index (χ0n) is 12.0. The Kier molecular flexibility index (Phi) is 3.84. The van der Waals surface area contributed by atoms with E-state index in [4.69, 9.17) is 9.47 Å². The van der Waals surface area contributed by atoms with Gasteiger partial charge >= 0.3 is 18.1 Å². The fourth-order valence-corrected chi connectivity index (χ4v) is 2.18. The summed E-state index contributed by atoms with van der Waals surface area (Å²) in [5.41, 5.74) is -0.211. The molecule has 4 nitrogen and oxygen atoms in total. The van der Waals surface area contributed by atoms with E-state index in [0.29, 0.717) is 17.2 Å². The van der Waals surface area contributed by atoms with Crippen molar-refractivity contribution in [3.05, 3.63) is 71.3 Å². The van der Waals surface area contributed by atoms with Crippen LogP contribution in [-0.2, 0) is 15.7 Å². The lowest BCUT2D eigenvalue weighted by Crippen LogP contribution is -2.08. The first-order valence-electron chi connectivity index (χ1n) is 6.77. The molecule has 0 saturated carbocycles. The van der Waals surface area contributed by atoms with Crippen molar-refractivity contribution in [3.63, 3.8) is 0 Å². The minimum Gasteiger partial charge on any atom is -0.423 e. The predicted molar refractivity (Wildman–Crippen MR) is 76.9 cm³/mol. The van der Waals surface area contributed by atoms with E-state index in [1.54, 1.807) is 18.2 Å². The molecule has 0 amide bonds. The zero-order valence-corrected chi connectivity index (χ0v) is 12.0.